The number of aromatic nitrogens is 2. The third-order valence-electron chi connectivity index (χ3n) is 5.45. The first kappa shape index (κ1) is 26.7. The third-order valence-corrected chi connectivity index (χ3v) is 5.70. The van der Waals surface area contributed by atoms with E-state index in [1.807, 2.05) is 49.3 Å². The Kier molecular flexibility index (Phi) is 8.68. The Morgan fingerprint density at radius 3 is 2.50 bits per heavy atom. The van der Waals surface area contributed by atoms with Crippen LogP contribution in [0.25, 0.3) is 16.9 Å². The molecule has 3 rings (SSSR count). The molecule has 0 aliphatic rings. The van der Waals surface area contributed by atoms with Gasteiger partial charge in [0.05, 0.1) is 24.0 Å². The molecule has 1 heterocycles. The average molecular weight is 507 g/mol. The van der Waals surface area contributed by atoms with E-state index in [4.69, 9.17) is 26.8 Å². The number of benzene rings is 2. The van der Waals surface area contributed by atoms with E-state index in [2.05, 4.69) is 11.9 Å². The lowest BCUT2D eigenvalue weighted by molar-refractivity contribution is -0.113. The first-order chi connectivity index (χ1) is 17.2. The topological polar surface area (TPSA) is 86.5 Å². The number of anilines is 2. The summed E-state index contributed by atoms with van der Waals surface area (Å²) in [5.74, 6) is 0.941. The molecular weight excluding hydrogens is 476 g/mol. The predicted molar refractivity (Wildman–Crippen MR) is 148 cm³/mol. The molecule has 0 fully saturated rings. The number of ether oxygens (including phenoxy) is 1. The number of methoxy groups -OCH3 is 1. The number of rotatable bonds is 10. The maximum Gasteiger partial charge on any atom is 0.250 e. The second-order valence-corrected chi connectivity index (χ2v) is 8.82. The maximum atomic E-state index is 12.8. The van der Waals surface area contributed by atoms with Crippen LogP contribution in [0.5, 0.6) is 5.75 Å². The molecule has 36 heavy (non-hydrogen) atoms. The van der Waals surface area contributed by atoms with Crippen LogP contribution in [0.3, 0.4) is 0 Å². The highest BCUT2D eigenvalue weighted by atomic mass is 35.5. The molecule has 3 aromatic rings. The lowest BCUT2D eigenvalue weighted by Gasteiger charge is -2.20. The Morgan fingerprint density at radius 1 is 1.22 bits per heavy atom. The number of nitrogens with one attached hydrogen (secondary N) is 2. The lowest BCUT2D eigenvalue weighted by Crippen LogP contribution is -2.25. The van der Waals surface area contributed by atoms with Gasteiger partial charge < -0.3 is 25.3 Å². The van der Waals surface area contributed by atoms with E-state index in [1.54, 1.807) is 56.2 Å². The first-order valence-electron chi connectivity index (χ1n) is 11.3. The molecule has 188 valence electrons. The molecule has 0 atom stereocenters. The third kappa shape index (κ3) is 5.84. The summed E-state index contributed by atoms with van der Waals surface area (Å²) in [5, 5.41) is 17.0. The van der Waals surface area contributed by atoms with E-state index in [-0.39, 0.29) is 5.91 Å². The highest BCUT2D eigenvalue weighted by molar-refractivity contribution is 6.30. The van der Waals surface area contributed by atoms with Crippen LogP contribution in [0.2, 0.25) is 5.02 Å². The number of carbonyl (C=O) groups is 1. The number of likely N-dealkylation sites (N-methyl/N-ethyl adjacent to an activating group) is 2. The summed E-state index contributed by atoms with van der Waals surface area (Å²) in [4.78, 5) is 16.3. The molecule has 8 nitrogen and oxygen atoms in total. The van der Waals surface area contributed by atoms with Gasteiger partial charge in [-0.1, -0.05) is 36.4 Å². The fourth-order valence-corrected chi connectivity index (χ4v) is 3.79. The van der Waals surface area contributed by atoms with Gasteiger partial charge in [0.1, 0.15) is 17.3 Å². The summed E-state index contributed by atoms with van der Waals surface area (Å²) in [5.41, 5.74) is 3.66. The van der Waals surface area contributed by atoms with E-state index in [0.29, 0.717) is 51.5 Å². The number of carbonyl (C=O) groups excluding carboxylic acids is 1. The molecule has 9 heteroatoms. The number of nitrogens with zero attached hydrogens (tertiary/aromatic N) is 4. The quantitative estimate of drug-likeness (QED) is 0.290. The van der Waals surface area contributed by atoms with Crippen LogP contribution in [0, 0.1) is 5.41 Å². The van der Waals surface area contributed by atoms with E-state index in [9.17, 15) is 4.79 Å². The number of hydrogen-bond donors (Lipinski definition) is 2. The van der Waals surface area contributed by atoms with Gasteiger partial charge in [-0.15, -0.1) is 0 Å². The molecule has 0 radical (unpaired) electrons. The van der Waals surface area contributed by atoms with Crippen molar-refractivity contribution in [2.24, 2.45) is 0 Å². The molecular formula is C27H31ClN6O2. The van der Waals surface area contributed by atoms with E-state index in [0.717, 1.165) is 5.56 Å². The van der Waals surface area contributed by atoms with Gasteiger partial charge in [-0.25, -0.2) is 4.68 Å². The molecule has 1 aromatic heterocycles. The van der Waals surface area contributed by atoms with Gasteiger partial charge >= 0.3 is 0 Å². The molecule has 1 amide bonds. The average Bonchev–Trinajstić information content (AvgIpc) is 3.23. The minimum absolute atomic E-state index is 0.185. The van der Waals surface area contributed by atoms with Crippen LogP contribution in [-0.4, -0.2) is 61.1 Å². The van der Waals surface area contributed by atoms with Crippen molar-refractivity contribution in [3.05, 3.63) is 78.0 Å². The van der Waals surface area contributed by atoms with Crippen molar-refractivity contribution >= 4 is 34.7 Å². The van der Waals surface area contributed by atoms with Crippen LogP contribution < -0.4 is 15.0 Å². The molecule has 0 aliphatic heterocycles. The van der Waals surface area contributed by atoms with Crippen molar-refractivity contribution in [1.29, 1.82) is 5.41 Å². The van der Waals surface area contributed by atoms with Crippen LogP contribution in [0.4, 0.5) is 11.5 Å². The zero-order valence-electron chi connectivity index (χ0n) is 21.2. The van der Waals surface area contributed by atoms with Crippen molar-refractivity contribution < 1.29 is 9.53 Å². The van der Waals surface area contributed by atoms with Crippen molar-refractivity contribution in [3.63, 3.8) is 0 Å². The summed E-state index contributed by atoms with van der Waals surface area (Å²) in [7, 11) is 7.13. The molecule has 0 bridgehead atoms. The van der Waals surface area contributed by atoms with Gasteiger partial charge in [0.15, 0.2) is 0 Å². The van der Waals surface area contributed by atoms with Crippen LogP contribution in [0.1, 0.15) is 12.5 Å². The fraction of sp³-hybridized carbons (Fsp3) is 0.222. The Morgan fingerprint density at radius 2 is 1.92 bits per heavy atom. The van der Waals surface area contributed by atoms with Gasteiger partial charge in [0.2, 0.25) is 0 Å². The van der Waals surface area contributed by atoms with E-state index >= 15 is 0 Å². The molecule has 2 N–H and O–H groups in total. The minimum atomic E-state index is -0.185. The number of hydrogen-bond acceptors (Lipinski definition) is 6. The van der Waals surface area contributed by atoms with Crippen LogP contribution in [0.15, 0.2) is 67.4 Å². The summed E-state index contributed by atoms with van der Waals surface area (Å²) in [6.45, 7) is 6.16. The first-order valence-corrected chi connectivity index (χ1v) is 11.6. The van der Waals surface area contributed by atoms with Gasteiger partial charge in [-0.05, 0) is 57.6 Å². The summed E-state index contributed by atoms with van der Waals surface area (Å²) < 4.78 is 7.24. The summed E-state index contributed by atoms with van der Waals surface area (Å²) >= 11 is 6.09. The molecule has 0 unspecified atom stereocenters. The Bertz CT molecular complexity index is 1290. The molecule has 0 saturated carbocycles. The summed E-state index contributed by atoms with van der Waals surface area (Å²) in [6, 6.07) is 12.8. The largest absolute Gasteiger partial charge is 0.495 e. The van der Waals surface area contributed by atoms with Crippen LogP contribution >= 0.6 is 11.6 Å². The highest BCUT2D eigenvalue weighted by Crippen LogP contribution is 2.35. The van der Waals surface area contributed by atoms with E-state index < -0.39 is 0 Å². The Balaban J connectivity index is 2.15. The Labute approximate surface area is 216 Å². The smallest absolute Gasteiger partial charge is 0.250 e. The normalized spacial score (nSPS) is 11.1. The highest BCUT2D eigenvalue weighted by Gasteiger charge is 2.23. The zero-order chi connectivity index (χ0) is 26.4. The van der Waals surface area contributed by atoms with Crippen LogP contribution in [-0.2, 0) is 4.79 Å². The maximum absolute atomic E-state index is 12.8. The minimum Gasteiger partial charge on any atom is -0.495 e. The SMILES string of the molecule is C=CNc1c(C(C)=N)c(-c2ccc(Cl)cc2)nn1-c1ccc(OC)c(N(C)C(=O)/C=C/CN(C)C)c1. The van der Waals surface area contributed by atoms with E-state index in [1.165, 1.54) is 4.90 Å². The van der Waals surface area contributed by atoms with Gasteiger partial charge in [-0.2, -0.15) is 5.10 Å². The van der Waals surface area contributed by atoms with Gasteiger partial charge in [0, 0.05) is 36.0 Å². The molecule has 0 saturated heterocycles. The standard InChI is InChI=1S/C27H31ClN6O2/c1-7-30-27-25(18(2)29)26(19-10-12-20(28)13-11-19)31-34(27)21-14-15-23(36-6)22(17-21)33(5)24(35)9-8-16-32(3)4/h7-15,17,29-30H,1,16H2,2-6H3/b9-8+,29-18?. The summed E-state index contributed by atoms with van der Waals surface area (Å²) in [6.07, 6.45) is 4.90. The molecule has 0 spiro atoms. The van der Waals surface area contributed by atoms with Gasteiger partial charge in [-0.3, -0.25) is 4.79 Å². The lowest BCUT2D eigenvalue weighted by atomic mass is 10.0. The number of amides is 1. The zero-order valence-corrected chi connectivity index (χ0v) is 21.9. The van der Waals surface area contributed by atoms with Gasteiger partial charge in [0.25, 0.3) is 5.91 Å². The number of halogens is 1. The predicted octanol–water partition coefficient (Wildman–Crippen LogP) is 5.23. The second-order valence-electron chi connectivity index (χ2n) is 8.38. The monoisotopic (exact) mass is 506 g/mol. The fourth-order valence-electron chi connectivity index (χ4n) is 3.67. The Hall–Kier alpha value is -3.88. The van der Waals surface area contributed by atoms with Crippen molar-refractivity contribution in [3.8, 4) is 22.7 Å². The van der Waals surface area contributed by atoms with Crippen molar-refractivity contribution in [2.75, 3.05) is 45.0 Å². The second kappa shape index (κ2) is 11.7. The van der Waals surface area contributed by atoms with Crippen molar-refractivity contribution in [1.82, 2.24) is 14.7 Å². The van der Waals surface area contributed by atoms with Crippen molar-refractivity contribution in [2.45, 2.75) is 6.92 Å². The molecule has 2 aromatic carbocycles. The molecule has 0 aliphatic carbocycles.